The van der Waals surface area contributed by atoms with Crippen LogP contribution in [0.15, 0.2) is 82.4 Å². The Morgan fingerprint density at radius 2 is 1.47 bits per heavy atom. The summed E-state index contributed by atoms with van der Waals surface area (Å²) in [6.45, 7) is 0.860. The van der Waals surface area contributed by atoms with E-state index in [4.69, 9.17) is 27.9 Å². The average molecular weight is 494 g/mol. The lowest BCUT2D eigenvalue weighted by Crippen LogP contribution is -2.48. The number of ether oxygens (including phenoxy) is 1. The van der Waals surface area contributed by atoms with Crippen LogP contribution in [0.1, 0.15) is 18.4 Å². The van der Waals surface area contributed by atoms with Crippen LogP contribution in [0.4, 0.5) is 5.69 Å². The molecule has 7 heteroatoms. The standard InChI is InChI=1S/C27H21Cl2NO4/c28-18-8-6-17(7-9-18)27(33)12-14-30(15-13-27)24-23(25(31)26(24)32)21-11-10-19(29)16-22(21)34-20-4-2-1-3-5-20/h1-11,16,33H,12-15H2. The summed E-state index contributed by atoms with van der Waals surface area (Å²) in [5.41, 5.74) is -0.0841. The van der Waals surface area contributed by atoms with Crippen molar-refractivity contribution in [1.29, 1.82) is 0 Å². The number of hydrogen-bond acceptors (Lipinski definition) is 5. The van der Waals surface area contributed by atoms with Gasteiger partial charge in [0.15, 0.2) is 0 Å². The Hall–Kier alpha value is -3.12. The molecular formula is C27H21Cl2NO4. The van der Waals surface area contributed by atoms with Gasteiger partial charge in [0.1, 0.15) is 17.2 Å². The lowest BCUT2D eigenvalue weighted by molar-refractivity contribution is 0.0117. The number of anilines is 1. The Balaban J connectivity index is 1.45. The monoisotopic (exact) mass is 493 g/mol. The van der Waals surface area contributed by atoms with E-state index < -0.39 is 16.5 Å². The van der Waals surface area contributed by atoms with E-state index in [9.17, 15) is 14.7 Å². The highest BCUT2D eigenvalue weighted by Gasteiger charge is 2.37. The summed E-state index contributed by atoms with van der Waals surface area (Å²) in [5.74, 6) is 0.999. The number of nitrogens with zero attached hydrogens (tertiary/aromatic N) is 1. The van der Waals surface area contributed by atoms with E-state index in [0.717, 1.165) is 5.56 Å². The highest BCUT2D eigenvalue weighted by atomic mass is 35.5. The maximum atomic E-state index is 12.7. The molecule has 1 fully saturated rings. The van der Waals surface area contributed by atoms with Gasteiger partial charge in [-0.25, -0.2) is 0 Å². The number of halogens is 2. The van der Waals surface area contributed by atoms with Crippen LogP contribution in [0.5, 0.6) is 11.5 Å². The van der Waals surface area contributed by atoms with Crippen LogP contribution in [-0.2, 0) is 5.60 Å². The zero-order valence-corrected chi connectivity index (χ0v) is 19.6. The summed E-state index contributed by atoms with van der Waals surface area (Å²) in [6, 6.07) is 21.3. The summed E-state index contributed by atoms with van der Waals surface area (Å²) < 4.78 is 6.02. The Morgan fingerprint density at radius 3 is 2.15 bits per heavy atom. The summed E-state index contributed by atoms with van der Waals surface area (Å²) >= 11 is 12.2. The minimum Gasteiger partial charge on any atom is -0.457 e. The predicted molar refractivity (Wildman–Crippen MR) is 135 cm³/mol. The molecule has 0 atom stereocenters. The molecule has 4 aromatic carbocycles. The zero-order valence-electron chi connectivity index (χ0n) is 18.1. The third kappa shape index (κ3) is 4.11. The predicted octanol–water partition coefficient (Wildman–Crippen LogP) is 5.54. The van der Waals surface area contributed by atoms with Crippen molar-refractivity contribution < 1.29 is 9.84 Å². The number of rotatable bonds is 5. The van der Waals surface area contributed by atoms with Gasteiger partial charge in [-0.3, -0.25) is 9.59 Å². The zero-order chi connectivity index (χ0) is 23.9. The molecule has 1 aliphatic rings. The lowest BCUT2D eigenvalue weighted by Gasteiger charge is -2.40. The molecule has 0 aliphatic carbocycles. The number of piperidine rings is 1. The first kappa shape index (κ1) is 22.7. The van der Waals surface area contributed by atoms with Gasteiger partial charge in [-0.2, -0.15) is 0 Å². The molecule has 1 saturated heterocycles. The fourth-order valence-electron chi connectivity index (χ4n) is 4.48. The molecule has 5 rings (SSSR count). The van der Waals surface area contributed by atoms with Gasteiger partial charge in [0.2, 0.25) is 10.9 Å². The summed E-state index contributed by atoms with van der Waals surface area (Å²) in [6.07, 6.45) is 0.835. The first-order valence-electron chi connectivity index (χ1n) is 11.0. The van der Waals surface area contributed by atoms with Gasteiger partial charge < -0.3 is 14.7 Å². The Labute approximate surface area is 206 Å². The van der Waals surface area contributed by atoms with Crippen LogP contribution in [0.3, 0.4) is 0 Å². The van der Waals surface area contributed by atoms with Gasteiger partial charge in [-0.1, -0.05) is 53.5 Å². The van der Waals surface area contributed by atoms with Gasteiger partial charge in [0, 0.05) is 34.8 Å². The van der Waals surface area contributed by atoms with Crippen LogP contribution in [-0.4, -0.2) is 18.2 Å². The van der Waals surface area contributed by atoms with Crippen molar-refractivity contribution in [1.82, 2.24) is 0 Å². The largest absolute Gasteiger partial charge is 0.457 e. The Kier molecular flexibility index (Phi) is 5.94. The highest BCUT2D eigenvalue weighted by molar-refractivity contribution is 6.31. The first-order valence-corrected chi connectivity index (χ1v) is 11.7. The van der Waals surface area contributed by atoms with Gasteiger partial charge >= 0.3 is 0 Å². The number of aliphatic hydroxyl groups is 1. The van der Waals surface area contributed by atoms with Crippen molar-refractivity contribution in [3.8, 4) is 22.6 Å². The third-order valence-electron chi connectivity index (χ3n) is 6.36. The quantitative estimate of drug-likeness (QED) is 0.370. The third-order valence-corrected chi connectivity index (χ3v) is 6.84. The molecule has 0 bridgehead atoms. The number of hydrogen-bond donors (Lipinski definition) is 1. The summed E-state index contributed by atoms with van der Waals surface area (Å²) in [5, 5.41) is 12.3. The maximum absolute atomic E-state index is 12.7. The minimum atomic E-state index is -1.01. The van der Waals surface area contributed by atoms with E-state index in [2.05, 4.69) is 0 Å². The number of benzene rings is 3. The normalized spacial score (nSPS) is 15.4. The second-order valence-corrected chi connectivity index (χ2v) is 9.34. The van der Waals surface area contributed by atoms with E-state index in [1.165, 1.54) is 0 Å². The molecule has 1 heterocycles. The Morgan fingerprint density at radius 1 is 0.824 bits per heavy atom. The van der Waals surface area contributed by atoms with Gasteiger partial charge in [0.05, 0.1) is 11.2 Å². The van der Waals surface area contributed by atoms with Crippen LogP contribution in [0, 0.1) is 0 Å². The van der Waals surface area contributed by atoms with E-state index >= 15 is 0 Å². The SMILES string of the molecule is O=c1c(-c2ccc(Cl)cc2Oc2ccccc2)c(N2CCC(O)(c3ccc(Cl)cc3)CC2)c1=O. The van der Waals surface area contributed by atoms with Crippen molar-refractivity contribution in [3.05, 3.63) is 109 Å². The van der Waals surface area contributed by atoms with E-state index in [1.54, 1.807) is 42.5 Å². The second-order valence-electron chi connectivity index (χ2n) is 8.46. The van der Waals surface area contributed by atoms with Crippen molar-refractivity contribution in [2.45, 2.75) is 18.4 Å². The molecule has 5 nitrogen and oxygen atoms in total. The molecule has 0 unspecified atom stereocenters. The topological polar surface area (TPSA) is 66.8 Å². The molecule has 34 heavy (non-hydrogen) atoms. The molecule has 0 aromatic heterocycles. The highest BCUT2D eigenvalue weighted by Crippen LogP contribution is 2.40. The van der Waals surface area contributed by atoms with Gasteiger partial charge in [0.25, 0.3) is 0 Å². The molecule has 0 radical (unpaired) electrons. The molecule has 1 aliphatic heterocycles. The molecule has 0 spiro atoms. The fraction of sp³-hybridized carbons (Fsp3) is 0.185. The number of para-hydroxylation sites is 1. The van der Waals surface area contributed by atoms with E-state index in [1.807, 2.05) is 35.2 Å². The van der Waals surface area contributed by atoms with Crippen LogP contribution < -0.4 is 20.5 Å². The van der Waals surface area contributed by atoms with Gasteiger partial charge in [-0.05, 0) is 54.8 Å². The molecule has 172 valence electrons. The Bertz CT molecular complexity index is 1400. The van der Waals surface area contributed by atoms with Crippen molar-refractivity contribution in [2.75, 3.05) is 18.0 Å². The van der Waals surface area contributed by atoms with Crippen molar-refractivity contribution >= 4 is 28.9 Å². The lowest BCUT2D eigenvalue weighted by atomic mass is 9.83. The molecule has 0 amide bonds. The summed E-state index contributed by atoms with van der Waals surface area (Å²) in [7, 11) is 0. The second kappa shape index (κ2) is 8.91. The molecule has 4 aromatic rings. The first-order chi connectivity index (χ1) is 16.4. The van der Waals surface area contributed by atoms with Crippen LogP contribution in [0.25, 0.3) is 11.1 Å². The van der Waals surface area contributed by atoms with Crippen LogP contribution in [0.2, 0.25) is 10.0 Å². The maximum Gasteiger partial charge on any atom is 0.250 e. The minimum absolute atomic E-state index is 0.324. The molecule has 1 N–H and O–H groups in total. The van der Waals surface area contributed by atoms with E-state index in [-0.39, 0.29) is 0 Å². The summed E-state index contributed by atoms with van der Waals surface area (Å²) in [4.78, 5) is 27.2. The van der Waals surface area contributed by atoms with E-state index in [0.29, 0.717) is 64.3 Å². The average Bonchev–Trinajstić information content (AvgIpc) is 2.84. The fourth-order valence-corrected chi connectivity index (χ4v) is 4.77. The van der Waals surface area contributed by atoms with Gasteiger partial charge in [-0.15, -0.1) is 0 Å². The smallest absolute Gasteiger partial charge is 0.250 e. The van der Waals surface area contributed by atoms with Crippen LogP contribution >= 0.6 is 23.2 Å². The molecular weight excluding hydrogens is 473 g/mol. The molecule has 0 saturated carbocycles. The van der Waals surface area contributed by atoms with Crippen molar-refractivity contribution in [2.24, 2.45) is 0 Å². The van der Waals surface area contributed by atoms with Crippen molar-refractivity contribution in [3.63, 3.8) is 0 Å².